The van der Waals surface area contributed by atoms with E-state index in [1.165, 1.54) is 6.20 Å². The molecule has 0 bridgehead atoms. The summed E-state index contributed by atoms with van der Waals surface area (Å²) in [5.74, 6) is 0.660. The van der Waals surface area contributed by atoms with Crippen LogP contribution in [0.3, 0.4) is 0 Å². The van der Waals surface area contributed by atoms with Crippen LogP contribution in [0.2, 0.25) is 0 Å². The van der Waals surface area contributed by atoms with Crippen LogP contribution < -0.4 is 10.7 Å². The van der Waals surface area contributed by atoms with Crippen LogP contribution in [0.4, 0.5) is 0 Å². The molecule has 2 heterocycles. The van der Waals surface area contributed by atoms with E-state index in [0.29, 0.717) is 17.2 Å². The molecule has 15 heavy (non-hydrogen) atoms. The fraction of sp³-hybridized carbons (Fsp3) is 0.111. The molecule has 0 unspecified atom stereocenters. The summed E-state index contributed by atoms with van der Waals surface area (Å²) in [5.41, 5.74) is 0.854. The van der Waals surface area contributed by atoms with Gasteiger partial charge in [0.15, 0.2) is 5.69 Å². The van der Waals surface area contributed by atoms with E-state index in [-0.39, 0.29) is 34.2 Å². The maximum Gasteiger partial charge on any atom is 2.00 e. The molecule has 0 aliphatic heterocycles. The fourth-order valence-electron chi connectivity index (χ4n) is 1.03. The normalized spacial score (nSPS) is 8.87. The molecule has 0 saturated carbocycles. The molecule has 0 saturated heterocycles. The molecule has 0 aromatic carbocycles. The molecule has 78 valence electrons. The van der Waals surface area contributed by atoms with Gasteiger partial charge in [0.05, 0.1) is 5.69 Å². The minimum absolute atomic E-state index is 0. The van der Waals surface area contributed by atoms with Gasteiger partial charge in [-0.2, -0.15) is 0 Å². The Morgan fingerprint density at radius 3 is 2.73 bits per heavy atom. The maximum atomic E-state index is 10.7. The molecular formula is C9H10N4OW. The van der Waals surface area contributed by atoms with E-state index >= 15 is 0 Å². The molecule has 0 atom stereocenters. The van der Waals surface area contributed by atoms with Crippen LogP contribution in [-0.2, 0) is 21.1 Å². The van der Waals surface area contributed by atoms with Gasteiger partial charge in [-0.3, -0.25) is 4.79 Å². The SMILES string of the molecule is Cc1nccc(-c2c[nH]c(=O)[n-]2)n1.[CH3-].[W+2]. The van der Waals surface area contributed by atoms with Gasteiger partial charge in [-0.1, -0.05) is 6.20 Å². The second-order valence-electron chi connectivity index (χ2n) is 2.58. The molecule has 0 radical (unpaired) electrons. The maximum absolute atomic E-state index is 10.7. The van der Waals surface area contributed by atoms with Crippen LogP contribution in [0.5, 0.6) is 0 Å². The van der Waals surface area contributed by atoms with Gasteiger partial charge in [-0.15, -0.1) is 0 Å². The number of aromatic nitrogens is 4. The first kappa shape index (κ1) is 13.8. The van der Waals surface area contributed by atoms with Gasteiger partial charge >= 0.3 is 21.1 Å². The predicted molar refractivity (Wildman–Crippen MR) is 52.6 cm³/mol. The molecule has 0 fully saturated rings. The summed E-state index contributed by atoms with van der Waals surface area (Å²) in [5, 5.41) is 0. The third-order valence-corrected chi connectivity index (χ3v) is 1.59. The number of H-pyrrole nitrogens is 1. The van der Waals surface area contributed by atoms with Crippen molar-refractivity contribution in [2.24, 2.45) is 0 Å². The first-order valence-corrected chi connectivity index (χ1v) is 3.78. The quantitative estimate of drug-likeness (QED) is 0.740. The Bertz CT molecular complexity index is 477. The van der Waals surface area contributed by atoms with Crippen LogP contribution in [0.15, 0.2) is 23.3 Å². The molecule has 0 spiro atoms. The second kappa shape index (κ2) is 5.61. The average Bonchev–Trinajstić information content (AvgIpc) is 2.52. The molecule has 0 amide bonds. The van der Waals surface area contributed by atoms with Crippen molar-refractivity contribution in [2.45, 2.75) is 6.92 Å². The van der Waals surface area contributed by atoms with E-state index < -0.39 is 0 Å². The molecule has 5 nitrogen and oxygen atoms in total. The summed E-state index contributed by atoms with van der Waals surface area (Å²) >= 11 is 0. The first-order chi connectivity index (χ1) is 6.25. The Kier molecular flexibility index (Phi) is 5.15. The van der Waals surface area contributed by atoms with Crippen molar-refractivity contribution in [2.75, 3.05) is 0 Å². The molecule has 0 aliphatic rings. The van der Waals surface area contributed by atoms with Crippen LogP contribution >= 0.6 is 0 Å². The Balaban J connectivity index is 0.000000980. The number of imidazole rings is 1. The number of hydrogen-bond acceptors (Lipinski definition) is 3. The van der Waals surface area contributed by atoms with Crippen molar-refractivity contribution in [3.8, 4) is 11.4 Å². The summed E-state index contributed by atoms with van der Waals surface area (Å²) in [7, 11) is 0. The molecule has 1 N–H and O–H groups in total. The van der Waals surface area contributed by atoms with Gasteiger partial charge in [0.1, 0.15) is 5.82 Å². The molecule has 0 aliphatic carbocycles. The van der Waals surface area contributed by atoms with Crippen molar-refractivity contribution >= 4 is 0 Å². The van der Waals surface area contributed by atoms with E-state index in [4.69, 9.17) is 0 Å². The van der Waals surface area contributed by atoms with Gasteiger partial charge in [0.25, 0.3) is 0 Å². The van der Waals surface area contributed by atoms with Crippen molar-refractivity contribution in [3.05, 3.63) is 42.2 Å². The Hall–Kier alpha value is -1.22. The molecular weight excluding hydrogens is 364 g/mol. The van der Waals surface area contributed by atoms with E-state index in [9.17, 15) is 4.79 Å². The Morgan fingerprint density at radius 2 is 2.20 bits per heavy atom. The topological polar surface area (TPSA) is 72.7 Å². The number of nitrogens with zero attached hydrogens (tertiary/aromatic N) is 3. The Labute approximate surface area is 102 Å². The van der Waals surface area contributed by atoms with Crippen LogP contribution in [0.25, 0.3) is 11.4 Å². The zero-order chi connectivity index (χ0) is 9.26. The van der Waals surface area contributed by atoms with Gasteiger partial charge in [-0.05, 0) is 18.7 Å². The zero-order valence-corrected chi connectivity index (χ0v) is 11.3. The number of aryl methyl sites for hydroxylation is 1. The van der Waals surface area contributed by atoms with Crippen LogP contribution in [-0.4, -0.2) is 15.0 Å². The number of nitrogens with one attached hydrogen (secondary N) is 1. The summed E-state index contributed by atoms with van der Waals surface area (Å²) < 4.78 is 0. The van der Waals surface area contributed by atoms with Crippen molar-refractivity contribution in [1.82, 2.24) is 19.9 Å². The second-order valence-corrected chi connectivity index (χ2v) is 2.58. The van der Waals surface area contributed by atoms with E-state index in [1.54, 1.807) is 19.2 Å². The van der Waals surface area contributed by atoms with Gasteiger partial charge in [-0.25, -0.2) is 9.97 Å². The monoisotopic (exact) mass is 374 g/mol. The predicted octanol–water partition coefficient (Wildman–Crippen LogP) is 0.545. The zero-order valence-electron chi connectivity index (χ0n) is 8.39. The number of rotatable bonds is 1. The van der Waals surface area contributed by atoms with Gasteiger partial charge in [0.2, 0.25) is 0 Å². The summed E-state index contributed by atoms with van der Waals surface area (Å²) in [6, 6.07) is 1.71. The van der Waals surface area contributed by atoms with E-state index in [0.717, 1.165) is 0 Å². The number of hydrogen-bond donors (Lipinski definition) is 1. The molecule has 6 heteroatoms. The summed E-state index contributed by atoms with van der Waals surface area (Å²) in [4.78, 5) is 25.0. The average molecular weight is 374 g/mol. The van der Waals surface area contributed by atoms with Crippen LogP contribution in [0.1, 0.15) is 5.82 Å². The van der Waals surface area contributed by atoms with Gasteiger partial charge < -0.3 is 17.4 Å². The largest absolute Gasteiger partial charge is 2.00 e. The summed E-state index contributed by atoms with van der Waals surface area (Å²) in [6.07, 6.45) is 3.17. The minimum Gasteiger partial charge on any atom is -0.430 e. The fourth-order valence-corrected chi connectivity index (χ4v) is 1.03. The summed E-state index contributed by atoms with van der Waals surface area (Å²) in [6.45, 7) is 1.79. The smallest absolute Gasteiger partial charge is 0.430 e. The third kappa shape index (κ3) is 3.13. The van der Waals surface area contributed by atoms with E-state index in [1.807, 2.05) is 0 Å². The molecule has 2 aromatic heterocycles. The number of aromatic amines is 1. The van der Waals surface area contributed by atoms with Gasteiger partial charge in [0, 0.05) is 6.20 Å². The molecule has 2 rings (SSSR count). The third-order valence-electron chi connectivity index (χ3n) is 1.59. The Morgan fingerprint density at radius 1 is 1.47 bits per heavy atom. The van der Waals surface area contributed by atoms with Crippen LogP contribution in [0, 0.1) is 14.4 Å². The van der Waals surface area contributed by atoms with Crippen molar-refractivity contribution in [1.29, 1.82) is 0 Å². The van der Waals surface area contributed by atoms with Crippen molar-refractivity contribution in [3.63, 3.8) is 0 Å². The molecule has 2 aromatic rings. The minimum atomic E-state index is -0.355. The van der Waals surface area contributed by atoms with Crippen molar-refractivity contribution < 1.29 is 21.1 Å². The first-order valence-electron chi connectivity index (χ1n) is 3.78. The van der Waals surface area contributed by atoms with E-state index in [2.05, 4.69) is 19.9 Å². The standard InChI is InChI=1S/C8H8N4O.CH3.W/c1-5-9-3-2-6(11-5)7-4-10-8(13)12-7;;/h2-4H,1H3,(H2,9,10,11,12,13);1H3;/q;-1;+2/p-1.